The van der Waals surface area contributed by atoms with Crippen LogP contribution in [0, 0.1) is 13.8 Å². The van der Waals surface area contributed by atoms with Crippen molar-refractivity contribution in [2.24, 2.45) is 0 Å². The van der Waals surface area contributed by atoms with Gasteiger partial charge in [0, 0.05) is 11.8 Å². The summed E-state index contributed by atoms with van der Waals surface area (Å²) < 4.78 is 6.70. The average molecular weight is 335 g/mol. The van der Waals surface area contributed by atoms with E-state index in [1.165, 1.54) is 6.20 Å². The van der Waals surface area contributed by atoms with Gasteiger partial charge in [0.25, 0.3) is 0 Å². The largest absolute Gasteiger partial charge is 0.454 e. The van der Waals surface area contributed by atoms with Gasteiger partial charge in [-0.05, 0) is 26.0 Å². The molecule has 6 nitrogen and oxygen atoms in total. The van der Waals surface area contributed by atoms with Gasteiger partial charge in [0.15, 0.2) is 18.2 Å². The molecule has 0 spiro atoms. The van der Waals surface area contributed by atoms with Gasteiger partial charge in [-0.1, -0.05) is 35.9 Å². The van der Waals surface area contributed by atoms with Gasteiger partial charge in [0.1, 0.15) is 5.56 Å². The summed E-state index contributed by atoms with van der Waals surface area (Å²) in [5.41, 5.74) is 2.49. The molecule has 3 aromatic rings. The Hall–Kier alpha value is -3.28. The normalized spacial score (nSPS) is 10.5. The molecule has 6 heteroatoms. The number of rotatable bonds is 5. The van der Waals surface area contributed by atoms with Gasteiger partial charge in [-0.15, -0.1) is 0 Å². The van der Waals surface area contributed by atoms with E-state index in [1.54, 1.807) is 42.1 Å². The summed E-state index contributed by atoms with van der Waals surface area (Å²) >= 11 is 0. The van der Waals surface area contributed by atoms with Gasteiger partial charge in [-0.2, -0.15) is 5.10 Å². The number of Topliss-reactive ketones (excluding diaryl/α,β-unsaturated/α-hetero) is 1. The van der Waals surface area contributed by atoms with Crippen LogP contribution in [-0.4, -0.2) is 33.1 Å². The number of ketones is 1. The SMILES string of the molecule is Cc1ccc(C(=O)COC(=O)c2cnn(-c3ccccn3)c2C)cc1. The molecule has 0 saturated heterocycles. The van der Waals surface area contributed by atoms with Crippen LogP contribution in [0.25, 0.3) is 5.82 Å². The van der Waals surface area contributed by atoms with Gasteiger partial charge < -0.3 is 4.74 Å². The number of ether oxygens (including phenoxy) is 1. The van der Waals surface area contributed by atoms with Crippen LogP contribution in [0.5, 0.6) is 0 Å². The number of aromatic nitrogens is 3. The lowest BCUT2D eigenvalue weighted by atomic mass is 10.1. The number of carbonyl (C=O) groups is 2. The highest BCUT2D eigenvalue weighted by atomic mass is 16.5. The molecule has 0 saturated carbocycles. The first-order valence-electron chi connectivity index (χ1n) is 7.79. The Kier molecular flexibility index (Phi) is 4.70. The number of hydrogen-bond acceptors (Lipinski definition) is 5. The average Bonchev–Trinajstić information content (AvgIpc) is 3.02. The molecule has 0 amide bonds. The van der Waals surface area contributed by atoms with Crippen molar-refractivity contribution in [3.8, 4) is 5.82 Å². The molecule has 2 aromatic heterocycles. The zero-order valence-corrected chi connectivity index (χ0v) is 14.0. The second kappa shape index (κ2) is 7.09. The van der Waals surface area contributed by atoms with Crippen molar-refractivity contribution in [1.82, 2.24) is 14.8 Å². The summed E-state index contributed by atoms with van der Waals surface area (Å²) in [6, 6.07) is 12.5. The smallest absolute Gasteiger partial charge is 0.342 e. The van der Waals surface area contributed by atoms with Crippen LogP contribution in [-0.2, 0) is 4.74 Å². The molecule has 0 aliphatic rings. The highest BCUT2D eigenvalue weighted by Crippen LogP contribution is 2.13. The van der Waals surface area contributed by atoms with Crippen molar-refractivity contribution in [1.29, 1.82) is 0 Å². The van der Waals surface area contributed by atoms with Crippen molar-refractivity contribution in [3.63, 3.8) is 0 Å². The summed E-state index contributed by atoms with van der Waals surface area (Å²) in [5.74, 6) is -0.224. The number of esters is 1. The Labute approximate surface area is 145 Å². The number of carbonyl (C=O) groups excluding carboxylic acids is 2. The summed E-state index contributed by atoms with van der Waals surface area (Å²) in [7, 11) is 0. The molecule has 0 radical (unpaired) electrons. The van der Waals surface area contributed by atoms with Crippen LogP contribution in [0.4, 0.5) is 0 Å². The third-order valence-corrected chi connectivity index (χ3v) is 3.80. The molecular weight excluding hydrogens is 318 g/mol. The molecule has 126 valence electrons. The first kappa shape index (κ1) is 16.6. The van der Waals surface area contributed by atoms with Gasteiger partial charge in [-0.3, -0.25) is 4.79 Å². The molecule has 25 heavy (non-hydrogen) atoms. The monoisotopic (exact) mass is 335 g/mol. The molecule has 1 aromatic carbocycles. The predicted molar refractivity (Wildman–Crippen MR) is 91.9 cm³/mol. The maximum atomic E-state index is 12.3. The maximum Gasteiger partial charge on any atom is 0.342 e. The van der Waals surface area contributed by atoms with E-state index in [0.717, 1.165) is 5.56 Å². The lowest BCUT2D eigenvalue weighted by Gasteiger charge is -2.06. The fourth-order valence-corrected chi connectivity index (χ4v) is 2.35. The molecule has 0 bridgehead atoms. The standard InChI is InChI=1S/C19H17N3O3/c1-13-6-8-15(9-7-13)17(23)12-25-19(24)16-11-21-22(14(16)2)18-5-3-4-10-20-18/h3-11H,12H2,1-2H3. The lowest BCUT2D eigenvalue weighted by Crippen LogP contribution is -2.15. The first-order chi connectivity index (χ1) is 12.1. The maximum absolute atomic E-state index is 12.3. The molecule has 0 fully saturated rings. The molecule has 0 atom stereocenters. The van der Waals surface area contributed by atoms with E-state index in [-0.39, 0.29) is 12.4 Å². The second-order valence-corrected chi connectivity index (χ2v) is 5.61. The third kappa shape index (κ3) is 3.63. The zero-order chi connectivity index (χ0) is 17.8. The van der Waals surface area contributed by atoms with Crippen molar-refractivity contribution < 1.29 is 14.3 Å². The quantitative estimate of drug-likeness (QED) is 0.529. The summed E-state index contributed by atoms with van der Waals surface area (Å²) in [6.45, 7) is 3.38. The zero-order valence-electron chi connectivity index (χ0n) is 14.0. The van der Waals surface area contributed by atoms with E-state index in [1.807, 2.05) is 25.1 Å². The molecule has 0 aliphatic carbocycles. The van der Waals surface area contributed by atoms with Crippen LogP contribution in [0.2, 0.25) is 0 Å². The van der Waals surface area contributed by atoms with Crippen molar-refractivity contribution >= 4 is 11.8 Å². The predicted octanol–water partition coefficient (Wildman–Crippen LogP) is 2.92. The summed E-state index contributed by atoms with van der Waals surface area (Å²) in [5, 5.41) is 4.17. The summed E-state index contributed by atoms with van der Waals surface area (Å²) in [6.07, 6.45) is 3.07. The van der Waals surface area contributed by atoms with Crippen molar-refractivity contribution in [2.75, 3.05) is 6.61 Å². The van der Waals surface area contributed by atoms with Gasteiger partial charge in [0.05, 0.1) is 11.9 Å². The number of aryl methyl sites for hydroxylation is 1. The fourth-order valence-electron chi connectivity index (χ4n) is 2.35. The minimum Gasteiger partial charge on any atom is -0.454 e. The molecule has 0 N–H and O–H groups in total. The first-order valence-corrected chi connectivity index (χ1v) is 7.79. The lowest BCUT2D eigenvalue weighted by molar-refractivity contribution is 0.0474. The van der Waals surface area contributed by atoms with E-state index in [2.05, 4.69) is 10.1 Å². The molecule has 2 heterocycles. The molecule has 3 rings (SSSR count). The van der Waals surface area contributed by atoms with Crippen LogP contribution in [0.3, 0.4) is 0 Å². The number of hydrogen-bond donors (Lipinski definition) is 0. The van der Waals surface area contributed by atoms with Crippen LogP contribution in [0.1, 0.15) is 32.0 Å². The van der Waals surface area contributed by atoms with Gasteiger partial charge >= 0.3 is 5.97 Å². The third-order valence-electron chi connectivity index (χ3n) is 3.80. The Morgan fingerprint density at radius 3 is 2.52 bits per heavy atom. The Balaban J connectivity index is 1.69. The van der Waals surface area contributed by atoms with E-state index in [0.29, 0.717) is 22.6 Å². The Morgan fingerprint density at radius 2 is 1.84 bits per heavy atom. The fraction of sp³-hybridized carbons (Fsp3) is 0.158. The Bertz CT molecular complexity index is 899. The number of pyridine rings is 1. The highest BCUT2D eigenvalue weighted by molar-refractivity contribution is 5.99. The highest BCUT2D eigenvalue weighted by Gasteiger charge is 2.18. The topological polar surface area (TPSA) is 74.1 Å². The van der Waals surface area contributed by atoms with Crippen LogP contribution in [0.15, 0.2) is 54.9 Å². The number of nitrogens with zero attached hydrogens (tertiary/aromatic N) is 3. The Morgan fingerprint density at radius 1 is 1.08 bits per heavy atom. The number of benzene rings is 1. The minimum atomic E-state index is -0.583. The van der Waals surface area contributed by atoms with Gasteiger partial charge in [0.2, 0.25) is 0 Å². The van der Waals surface area contributed by atoms with E-state index in [4.69, 9.17) is 4.74 Å². The second-order valence-electron chi connectivity index (χ2n) is 5.61. The minimum absolute atomic E-state index is 0.247. The van der Waals surface area contributed by atoms with Crippen LogP contribution >= 0.6 is 0 Å². The molecular formula is C19H17N3O3. The van der Waals surface area contributed by atoms with Crippen LogP contribution < -0.4 is 0 Å². The van der Waals surface area contributed by atoms with E-state index >= 15 is 0 Å². The van der Waals surface area contributed by atoms with E-state index in [9.17, 15) is 9.59 Å². The van der Waals surface area contributed by atoms with E-state index < -0.39 is 5.97 Å². The van der Waals surface area contributed by atoms with Gasteiger partial charge in [-0.25, -0.2) is 14.5 Å². The molecule has 0 aliphatic heterocycles. The summed E-state index contributed by atoms with van der Waals surface area (Å²) in [4.78, 5) is 28.5. The van der Waals surface area contributed by atoms with Crippen molar-refractivity contribution in [2.45, 2.75) is 13.8 Å². The molecule has 0 unspecified atom stereocenters. The van der Waals surface area contributed by atoms with Crippen molar-refractivity contribution in [3.05, 3.63) is 77.2 Å².